The Bertz CT molecular complexity index is 1570. The van der Waals surface area contributed by atoms with Gasteiger partial charge in [0.15, 0.2) is 11.6 Å². The van der Waals surface area contributed by atoms with Crippen LogP contribution in [0.15, 0.2) is 60.9 Å². The molecular formula is C32H39F2N7O2. The van der Waals surface area contributed by atoms with Gasteiger partial charge in [-0.05, 0) is 56.0 Å². The Morgan fingerprint density at radius 1 is 1.09 bits per heavy atom. The lowest BCUT2D eigenvalue weighted by Gasteiger charge is -2.30. The number of ether oxygens (including phenoxy) is 1. The van der Waals surface area contributed by atoms with Crippen LogP contribution in [0.4, 0.5) is 19.4 Å². The third-order valence-corrected chi connectivity index (χ3v) is 8.55. The number of nitrogens with one attached hydrogen (secondary N) is 2. The first-order chi connectivity index (χ1) is 20.4. The van der Waals surface area contributed by atoms with Gasteiger partial charge in [-0.1, -0.05) is 31.7 Å². The number of anilines is 1. The third-order valence-electron chi connectivity index (χ3n) is 8.55. The van der Waals surface area contributed by atoms with Crippen LogP contribution >= 0.6 is 0 Å². The molecule has 2 N–H and O–H groups in total. The van der Waals surface area contributed by atoms with E-state index in [1.165, 1.54) is 12.1 Å². The zero-order valence-electron chi connectivity index (χ0n) is 23.9. The molecule has 4 aromatic rings. The van der Waals surface area contributed by atoms with Gasteiger partial charge in [0.1, 0.15) is 11.5 Å². The minimum atomic E-state index is -0.880. The number of benzene rings is 2. The van der Waals surface area contributed by atoms with Gasteiger partial charge in [-0.25, -0.2) is 18.3 Å². The topological polar surface area (TPSA) is 89.2 Å². The Morgan fingerprint density at radius 3 is 2.56 bits per heavy atom. The summed E-state index contributed by atoms with van der Waals surface area (Å²) < 4.78 is 36.9. The molecule has 0 aliphatic carbocycles. The maximum absolute atomic E-state index is 14.4. The highest BCUT2D eigenvalue weighted by Gasteiger charge is 2.53. The maximum atomic E-state index is 14.4. The zero-order chi connectivity index (χ0) is 29.4. The number of aryl methyl sites for hydroxylation is 1. The first kappa shape index (κ1) is 30.4. The van der Waals surface area contributed by atoms with Gasteiger partial charge >= 0.3 is 6.03 Å². The molecule has 228 valence electrons. The van der Waals surface area contributed by atoms with Gasteiger partial charge in [0.25, 0.3) is 0 Å². The molecule has 2 bridgehead atoms. The minimum absolute atomic E-state index is 0. The zero-order valence-corrected chi connectivity index (χ0v) is 23.9. The number of carbonyl (C=O) groups excluding carboxylic acids is 1. The summed E-state index contributed by atoms with van der Waals surface area (Å²) in [6.07, 6.45) is 6.31. The smallest absolute Gasteiger partial charge is 0.320 e. The van der Waals surface area contributed by atoms with Crippen molar-refractivity contribution in [2.24, 2.45) is 7.05 Å². The number of fused-ring (bicyclic) bond motifs is 2. The fourth-order valence-electron chi connectivity index (χ4n) is 6.74. The van der Waals surface area contributed by atoms with Crippen LogP contribution in [0.1, 0.15) is 43.7 Å². The van der Waals surface area contributed by atoms with Crippen LogP contribution in [0, 0.1) is 18.6 Å². The highest BCUT2D eigenvalue weighted by Crippen LogP contribution is 2.47. The van der Waals surface area contributed by atoms with Gasteiger partial charge in [0, 0.05) is 62.6 Å². The van der Waals surface area contributed by atoms with E-state index in [-0.39, 0.29) is 37.5 Å². The van der Waals surface area contributed by atoms with Crippen LogP contribution in [0.2, 0.25) is 0 Å². The predicted octanol–water partition coefficient (Wildman–Crippen LogP) is 5.65. The summed E-state index contributed by atoms with van der Waals surface area (Å²) in [6.45, 7) is 3.35. The summed E-state index contributed by atoms with van der Waals surface area (Å²) in [5.74, 6) is -1.40. The van der Waals surface area contributed by atoms with Crippen molar-refractivity contribution >= 4 is 11.8 Å². The number of urea groups is 1. The van der Waals surface area contributed by atoms with Crippen molar-refractivity contribution in [2.45, 2.75) is 57.7 Å². The third kappa shape index (κ3) is 5.79. The second kappa shape index (κ2) is 12.6. The summed E-state index contributed by atoms with van der Waals surface area (Å²) in [5, 5.41) is 15.4. The van der Waals surface area contributed by atoms with E-state index in [0.29, 0.717) is 23.7 Å². The number of nitrogens with zero attached hydrogens (tertiary/aromatic N) is 5. The second-order valence-electron chi connectivity index (χ2n) is 11.1. The van der Waals surface area contributed by atoms with Crippen LogP contribution < -0.4 is 10.6 Å². The van der Waals surface area contributed by atoms with Crippen molar-refractivity contribution in [2.75, 3.05) is 25.6 Å². The molecule has 43 heavy (non-hydrogen) atoms. The molecule has 0 saturated carbocycles. The summed E-state index contributed by atoms with van der Waals surface area (Å²) in [4.78, 5) is 16.1. The lowest BCUT2D eigenvalue weighted by Crippen LogP contribution is -2.48. The summed E-state index contributed by atoms with van der Waals surface area (Å²) >= 11 is 0. The maximum Gasteiger partial charge on any atom is 0.320 e. The Labute approximate surface area is 250 Å². The van der Waals surface area contributed by atoms with Crippen molar-refractivity contribution in [1.29, 1.82) is 0 Å². The van der Waals surface area contributed by atoms with Gasteiger partial charge in [-0.3, -0.25) is 14.9 Å². The Kier molecular flexibility index (Phi) is 8.93. The number of halogens is 2. The number of aromatic nitrogens is 4. The number of rotatable bonds is 9. The fourth-order valence-corrected chi connectivity index (χ4v) is 6.74. The quantitative estimate of drug-likeness (QED) is 0.246. The molecule has 0 radical (unpaired) electrons. The number of hydrogen-bond acceptors (Lipinski definition) is 5. The SMILES string of the molecule is C.COCCCN1[C@@H]2CC[C@H]1[C@@H](c1ccc(F)c(F)c1)[C@@H]2NC(=O)Nc1c(C)c(-c2cnn(C)c2)nn1-c1ccccc1. The van der Waals surface area contributed by atoms with Crippen molar-refractivity contribution in [1.82, 2.24) is 29.8 Å². The van der Waals surface area contributed by atoms with Crippen LogP contribution in [0.5, 0.6) is 0 Å². The standard InChI is InChI=1S/C31H35F2N7O2.CH4/c1-19-28(21-17-34-38(2)18-21)37-40(22-8-5-4-6-9-22)30(19)36-31(41)35-29-26-13-12-25(39(26)14-7-15-42-3)27(29)20-10-11-23(32)24(33)16-20;/h4-6,8-11,16-18,25-27,29H,7,12-15H2,1-3H3,(H2,35,36,41);1H4/t25-,26+,27+,29+;/m0./s1. The molecule has 0 spiro atoms. The molecule has 2 aliphatic heterocycles. The van der Waals surface area contributed by atoms with E-state index in [9.17, 15) is 13.6 Å². The average Bonchev–Trinajstić information content (AvgIpc) is 3.74. The predicted molar refractivity (Wildman–Crippen MR) is 162 cm³/mol. The van der Waals surface area contributed by atoms with Crippen LogP contribution in [-0.2, 0) is 11.8 Å². The molecule has 2 aromatic heterocycles. The van der Waals surface area contributed by atoms with Crippen LogP contribution in [0.25, 0.3) is 16.9 Å². The minimum Gasteiger partial charge on any atom is -0.385 e. The molecule has 2 aliphatic rings. The highest BCUT2D eigenvalue weighted by molar-refractivity contribution is 5.91. The normalized spacial score (nSPS) is 21.1. The van der Waals surface area contributed by atoms with E-state index in [2.05, 4.69) is 20.6 Å². The van der Waals surface area contributed by atoms with Gasteiger partial charge in [0.2, 0.25) is 0 Å². The van der Waals surface area contributed by atoms with E-state index in [1.807, 2.05) is 50.5 Å². The monoisotopic (exact) mass is 591 g/mol. The molecule has 6 rings (SSSR count). The summed E-state index contributed by atoms with van der Waals surface area (Å²) in [5.41, 5.74) is 3.84. The second-order valence-corrected chi connectivity index (χ2v) is 11.1. The van der Waals surface area contributed by atoms with Gasteiger partial charge in [0.05, 0.1) is 17.9 Å². The highest BCUT2D eigenvalue weighted by atomic mass is 19.2. The Morgan fingerprint density at radius 2 is 1.86 bits per heavy atom. The van der Waals surface area contributed by atoms with E-state index in [4.69, 9.17) is 9.84 Å². The molecule has 2 saturated heterocycles. The molecule has 9 nitrogen and oxygen atoms in total. The summed E-state index contributed by atoms with van der Waals surface area (Å²) in [6, 6.07) is 13.2. The first-order valence-electron chi connectivity index (χ1n) is 14.3. The van der Waals surface area contributed by atoms with E-state index in [0.717, 1.165) is 42.6 Å². The number of amides is 2. The molecule has 4 atom stereocenters. The van der Waals surface area contributed by atoms with Gasteiger partial charge < -0.3 is 10.1 Å². The molecular weight excluding hydrogens is 552 g/mol. The van der Waals surface area contributed by atoms with Crippen molar-refractivity contribution in [3.63, 3.8) is 0 Å². The Balaban J connectivity index is 0.00000368. The van der Waals surface area contributed by atoms with E-state index >= 15 is 0 Å². The average molecular weight is 592 g/mol. The number of para-hydroxylation sites is 1. The van der Waals surface area contributed by atoms with Crippen molar-refractivity contribution in [3.8, 4) is 16.9 Å². The lowest BCUT2D eigenvalue weighted by atomic mass is 9.80. The molecule has 2 fully saturated rings. The summed E-state index contributed by atoms with van der Waals surface area (Å²) in [7, 11) is 3.52. The largest absolute Gasteiger partial charge is 0.385 e. The van der Waals surface area contributed by atoms with E-state index < -0.39 is 11.6 Å². The number of carbonyl (C=O) groups is 1. The number of hydrogen-bond donors (Lipinski definition) is 2. The fraction of sp³-hybridized carbons (Fsp3) is 0.406. The first-order valence-corrected chi connectivity index (χ1v) is 14.3. The molecule has 0 unspecified atom stereocenters. The van der Waals surface area contributed by atoms with Gasteiger partial charge in [-0.15, -0.1) is 0 Å². The Hall–Kier alpha value is -4.09. The van der Waals surface area contributed by atoms with Crippen molar-refractivity contribution < 1.29 is 18.3 Å². The van der Waals surface area contributed by atoms with Crippen LogP contribution in [0.3, 0.4) is 0 Å². The molecule has 4 heterocycles. The van der Waals surface area contributed by atoms with E-state index in [1.54, 1.807) is 28.7 Å². The lowest BCUT2D eigenvalue weighted by molar-refractivity contribution is 0.163. The molecule has 2 amide bonds. The number of methoxy groups -OCH3 is 1. The van der Waals surface area contributed by atoms with Crippen molar-refractivity contribution in [3.05, 3.63) is 83.7 Å². The van der Waals surface area contributed by atoms with Crippen LogP contribution in [-0.4, -0.2) is 68.9 Å². The van der Waals surface area contributed by atoms with Gasteiger partial charge in [-0.2, -0.15) is 10.2 Å². The molecule has 2 aromatic carbocycles. The molecule has 11 heteroatoms.